The lowest BCUT2D eigenvalue weighted by Gasteiger charge is -2.36. The Hall–Kier alpha value is -3.30. The maximum Gasteiger partial charge on any atom is 0.336 e. The highest BCUT2D eigenvalue weighted by atomic mass is 32.2. The summed E-state index contributed by atoms with van der Waals surface area (Å²) in [4.78, 5) is 34.9. The van der Waals surface area contributed by atoms with Crippen LogP contribution in [0.2, 0.25) is 0 Å². The number of benzene rings is 1. The van der Waals surface area contributed by atoms with Gasteiger partial charge in [-0.1, -0.05) is 12.1 Å². The van der Waals surface area contributed by atoms with Crippen LogP contribution < -0.4 is 10.0 Å². The number of carboxylic acids is 1. The number of aliphatic carboxylic acids is 1. The van der Waals surface area contributed by atoms with Crippen LogP contribution in [0.3, 0.4) is 0 Å². The third-order valence-electron chi connectivity index (χ3n) is 5.97. The Morgan fingerprint density at radius 1 is 1.30 bits per heavy atom. The van der Waals surface area contributed by atoms with E-state index in [-0.39, 0.29) is 17.1 Å². The number of aliphatic imine (C=N–C) groups is 1. The molecule has 2 aliphatic rings. The van der Waals surface area contributed by atoms with E-state index in [1.54, 1.807) is 10.1 Å². The van der Waals surface area contributed by atoms with E-state index in [4.69, 9.17) is 0 Å². The van der Waals surface area contributed by atoms with Gasteiger partial charge < -0.3 is 10.4 Å². The van der Waals surface area contributed by atoms with Gasteiger partial charge in [0.25, 0.3) is 11.8 Å². The van der Waals surface area contributed by atoms with Crippen molar-refractivity contribution in [2.75, 3.05) is 19.3 Å². The molecule has 0 saturated carbocycles. The summed E-state index contributed by atoms with van der Waals surface area (Å²) in [5, 5.41) is 15.1. The lowest BCUT2D eigenvalue weighted by atomic mass is 9.82. The molecule has 2 aromatic rings. The molecule has 4 rings (SSSR count). The zero-order chi connectivity index (χ0) is 27.2. The number of nitrogens with zero attached hydrogens (tertiary/aromatic N) is 3. The van der Waals surface area contributed by atoms with Crippen molar-refractivity contribution in [2.45, 2.75) is 30.8 Å². The number of hydrogen-bond donors (Lipinski definition) is 3. The number of aromatic nitrogens is 1. The molecule has 0 aliphatic carbocycles. The van der Waals surface area contributed by atoms with Crippen molar-refractivity contribution in [1.82, 2.24) is 19.9 Å². The highest BCUT2D eigenvalue weighted by Crippen LogP contribution is 2.40. The van der Waals surface area contributed by atoms with Crippen LogP contribution in [0.4, 0.5) is 13.2 Å². The molecule has 1 aromatic heterocycles. The van der Waals surface area contributed by atoms with E-state index < -0.39 is 64.7 Å². The molecule has 1 amide bonds. The molecule has 1 fully saturated rings. The standard InChI is InChI=1S/C22H22F3N5O5S2/c1-21(12-3-5-13(23)6-4-12)16(20(32)33)14(27-17(28-21)19-26-7-8-36-19)10-30-11-22(24,25)9-15(30)18(31)29-37(2,34)35/h3-8,15H,9-11H2,1-2H3,(H,27,28)(H,29,31)(H,32,33)/t15-,21-/m0/s1. The van der Waals surface area contributed by atoms with E-state index in [0.29, 0.717) is 10.6 Å². The van der Waals surface area contributed by atoms with Crippen LogP contribution in [0, 0.1) is 5.82 Å². The van der Waals surface area contributed by atoms with Crippen LogP contribution in [0.25, 0.3) is 0 Å². The zero-order valence-electron chi connectivity index (χ0n) is 19.5. The molecule has 0 spiro atoms. The first kappa shape index (κ1) is 26.8. The summed E-state index contributed by atoms with van der Waals surface area (Å²) < 4.78 is 67.3. The molecule has 1 saturated heterocycles. The van der Waals surface area contributed by atoms with E-state index in [1.165, 1.54) is 36.6 Å². The van der Waals surface area contributed by atoms with Gasteiger partial charge in [0.15, 0.2) is 10.8 Å². The summed E-state index contributed by atoms with van der Waals surface area (Å²) in [6.45, 7) is 0.106. The maximum absolute atomic E-state index is 14.4. The van der Waals surface area contributed by atoms with Crippen LogP contribution in [-0.2, 0) is 25.2 Å². The van der Waals surface area contributed by atoms with E-state index in [9.17, 15) is 36.3 Å². The minimum Gasteiger partial charge on any atom is -0.478 e. The first-order valence-electron chi connectivity index (χ1n) is 10.8. The molecule has 198 valence electrons. The van der Waals surface area contributed by atoms with E-state index in [2.05, 4.69) is 15.3 Å². The molecular formula is C22H22F3N5O5S2. The molecule has 2 aliphatic heterocycles. The lowest BCUT2D eigenvalue weighted by molar-refractivity contribution is -0.133. The van der Waals surface area contributed by atoms with Gasteiger partial charge in [-0.05, 0) is 24.6 Å². The average molecular weight is 558 g/mol. The molecule has 10 nitrogen and oxygen atoms in total. The topological polar surface area (TPSA) is 141 Å². The minimum absolute atomic E-state index is 0.0469. The Labute approximate surface area is 214 Å². The summed E-state index contributed by atoms with van der Waals surface area (Å²) in [6, 6.07) is 3.49. The molecule has 0 unspecified atom stereocenters. The van der Waals surface area contributed by atoms with Crippen molar-refractivity contribution in [3.63, 3.8) is 0 Å². The van der Waals surface area contributed by atoms with Gasteiger partial charge in [0, 0.05) is 30.2 Å². The number of carbonyl (C=O) groups is 2. The molecule has 3 heterocycles. The monoisotopic (exact) mass is 557 g/mol. The number of hydrogen-bond acceptors (Lipinski definition) is 9. The predicted molar refractivity (Wildman–Crippen MR) is 128 cm³/mol. The third-order valence-corrected chi connectivity index (χ3v) is 7.32. The van der Waals surface area contributed by atoms with E-state index in [0.717, 1.165) is 23.3 Å². The number of carbonyl (C=O) groups excluding carboxylic acids is 1. The summed E-state index contributed by atoms with van der Waals surface area (Å²) >= 11 is 1.19. The number of sulfonamides is 1. The van der Waals surface area contributed by atoms with Crippen molar-refractivity contribution in [1.29, 1.82) is 0 Å². The SMILES string of the molecule is C[C@@]1(c2ccc(F)cc2)N=C(c2nccs2)NC(CN2CC(F)(F)C[C@H]2C(=O)NS(C)(=O)=O)=C1C(=O)O. The fourth-order valence-corrected chi connectivity index (χ4v) is 5.53. The molecule has 15 heteroatoms. The van der Waals surface area contributed by atoms with Crippen molar-refractivity contribution < 1.29 is 36.3 Å². The number of alkyl halides is 2. The first-order chi connectivity index (χ1) is 17.2. The van der Waals surface area contributed by atoms with E-state index >= 15 is 0 Å². The van der Waals surface area contributed by atoms with Crippen molar-refractivity contribution >= 4 is 39.1 Å². The summed E-state index contributed by atoms with van der Waals surface area (Å²) in [6.07, 6.45) is 1.27. The summed E-state index contributed by atoms with van der Waals surface area (Å²) in [7, 11) is -4.02. The van der Waals surface area contributed by atoms with Gasteiger partial charge in [-0.2, -0.15) is 0 Å². The van der Waals surface area contributed by atoms with Crippen LogP contribution in [0.5, 0.6) is 0 Å². The second kappa shape index (κ2) is 9.54. The number of carboxylic acid groups (broad SMARTS) is 1. The largest absolute Gasteiger partial charge is 0.478 e. The Balaban J connectivity index is 1.81. The smallest absolute Gasteiger partial charge is 0.336 e. The van der Waals surface area contributed by atoms with Gasteiger partial charge in [-0.15, -0.1) is 11.3 Å². The number of amidine groups is 1. The van der Waals surface area contributed by atoms with Gasteiger partial charge in [-0.25, -0.2) is 36.4 Å². The Kier molecular flexibility index (Phi) is 6.90. The molecule has 37 heavy (non-hydrogen) atoms. The average Bonchev–Trinajstić information content (AvgIpc) is 3.40. The maximum atomic E-state index is 14.4. The number of nitrogens with one attached hydrogen (secondary N) is 2. The number of amides is 1. The number of thiazole rings is 1. The fraction of sp³-hybridized carbons (Fsp3) is 0.364. The highest BCUT2D eigenvalue weighted by molar-refractivity contribution is 7.89. The summed E-state index contributed by atoms with van der Waals surface area (Å²) in [5.74, 6) is -6.29. The molecule has 0 bridgehead atoms. The Morgan fingerprint density at radius 2 is 1.97 bits per heavy atom. The normalized spacial score (nSPS) is 23.9. The lowest BCUT2D eigenvalue weighted by Crippen LogP contribution is -2.49. The third kappa shape index (κ3) is 5.67. The number of rotatable bonds is 7. The highest BCUT2D eigenvalue weighted by Gasteiger charge is 2.50. The number of likely N-dealkylation sites (tertiary alicyclic amines) is 1. The number of halogens is 3. The molecular weight excluding hydrogens is 535 g/mol. The van der Waals surface area contributed by atoms with Gasteiger partial charge >= 0.3 is 5.97 Å². The summed E-state index contributed by atoms with van der Waals surface area (Å²) in [5.41, 5.74) is -1.63. The van der Waals surface area contributed by atoms with E-state index in [1.807, 2.05) is 0 Å². The van der Waals surface area contributed by atoms with Gasteiger partial charge in [0.05, 0.1) is 24.4 Å². The predicted octanol–water partition coefficient (Wildman–Crippen LogP) is 1.67. The van der Waals surface area contributed by atoms with Crippen molar-refractivity contribution in [3.05, 3.63) is 63.5 Å². The van der Waals surface area contributed by atoms with Crippen molar-refractivity contribution in [3.8, 4) is 0 Å². The van der Waals surface area contributed by atoms with Gasteiger partial charge in [-0.3, -0.25) is 14.4 Å². The second-order valence-corrected chi connectivity index (χ2v) is 11.5. The van der Waals surface area contributed by atoms with Crippen LogP contribution in [0.15, 0.2) is 52.1 Å². The Bertz CT molecular complexity index is 1390. The Morgan fingerprint density at radius 3 is 2.54 bits per heavy atom. The van der Waals surface area contributed by atoms with Crippen LogP contribution >= 0.6 is 11.3 Å². The second-order valence-electron chi connectivity index (χ2n) is 8.88. The van der Waals surface area contributed by atoms with Gasteiger partial charge in [0.1, 0.15) is 11.4 Å². The van der Waals surface area contributed by atoms with Gasteiger partial charge in [0.2, 0.25) is 10.0 Å². The van der Waals surface area contributed by atoms with Crippen molar-refractivity contribution in [2.24, 2.45) is 4.99 Å². The quantitative estimate of drug-likeness (QED) is 0.467. The van der Waals surface area contributed by atoms with Crippen LogP contribution in [-0.4, -0.2) is 72.4 Å². The zero-order valence-corrected chi connectivity index (χ0v) is 21.2. The molecule has 2 atom stereocenters. The fourth-order valence-electron chi connectivity index (χ4n) is 4.45. The minimum atomic E-state index is -4.02. The van der Waals surface area contributed by atoms with Crippen LogP contribution in [0.1, 0.15) is 23.9 Å². The molecule has 0 radical (unpaired) electrons. The molecule has 1 aromatic carbocycles. The first-order valence-corrected chi connectivity index (χ1v) is 13.6. The molecule has 3 N–H and O–H groups in total.